The smallest absolute Gasteiger partial charge is 0.245 e. The van der Waals surface area contributed by atoms with Gasteiger partial charge in [-0.3, -0.25) is 0 Å². The van der Waals surface area contributed by atoms with Gasteiger partial charge in [0.25, 0.3) is 0 Å². The average molecular weight is 387 g/mol. The summed E-state index contributed by atoms with van der Waals surface area (Å²) in [7, 11) is 2.03. The highest BCUT2D eigenvalue weighted by Gasteiger charge is 2.10. The van der Waals surface area contributed by atoms with Crippen LogP contribution in [0.2, 0.25) is 0 Å². The largest absolute Gasteiger partial charge is 1.00 e. The first-order valence-electron chi connectivity index (χ1n) is 5.40. The zero-order chi connectivity index (χ0) is 12.3. The van der Waals surface area contributed by atoms with Crippen LogP contribution < -0.4 is 28.5 Å². The number of hydrogen-bond donors (Lipinski definition) is 0. The van der Waals surface area contributed by atoms with E-state index in [9.17, 15) is 0 Å². The molecule has 18 heavy (non-hydrogen) atoms. The number of pyridine rings is 1. The van der Waals surface area contributed by atoms with Crippen molar-refractivity contribution >= 4 is 28.2 Å². The molecule has 0 atom stereocenters. The molecule has 0 saturated carbocycles. The van der Waals surface area contributed by atoms with Crippen molar-refractivity contribution in [3.8, 4) is 0 Å². The molecule has 0 amide bonds. The minimum Gasteiger partial charge on any atom is -1.00 e. The predicted octanol–water partition coefficient (Wildman–Crippen LogP) is 0.291. The molecule has 0 aliphatic heterocycles. The summed E-state index contributed by atoms with van der Waals surface area (Å²) < 4.78 is 2.98. The third-order valence-electron chi connectivity index (χ3n) is 2.49. The summed E-state index contributed by atoms with van der Waals surface area (Å²) in [5.41, 5.74) is 2.37. The summed E-state index contributed by atoms with van der Waals surface area (Å²) in [5.74, 6) is 0. The van der Waals surface area contributed by atoms with Crippen molar-refractivity contribution in [1.29, 1.82) is 0 Å². The molecule has 0 unspecified atom stereocenters. The van der Waals surface area contributed by atoms with Gasteiger partial charge in [-0.2, -0.15) is 4.57 Å². The van der Waals surface area contributed by atoms with Crippen LogP contribution in [0.5, 0.6) is 0 Å². The number of rotatable bonds is 2. The molecule has 2 rings (SSSR count). The first-order chi connectivity index (χ1) is 8.16. The molecule has 1 aromatic heterocycles. The van der Waals surface area contributed by atoms with Crippen LogP contribution in [0.15, 0.2) is 53.7 Å². The topological polar surface area (TPSA) is 3.88 Å². The Kier molecular flexibility index (Phi) is 6.25. The van der Waals surface area contributed by atoms with Gasteiger partial charge in [0.15, 0.2) is 6.20 Å². The van der Waals surface area contributed by atoms with Gasteiger partial charge in [-0.05, 0) is 30.3 Å². The SMILES string of the molecule is Cc1ccc(C(=S)Sc2cccc[n+]2C)cc1.[I-]. The fraction of sp³-hybridized carbons (Fsp3) is 0.143. The molecular weight excluding hydrogens is 373 g/mol. The van der Waals surface area contributed by atoms with Crippen molar-refractivity contribution in [2.24, 2.45) is 7.05 Å². The van der Waals surface area contributed by atoms with Gasteiger partial charge in [0.05, 0.1) is 4.20 Å². The number of halogens is 1. The Balaban J connectivity index is 0.00000162. The van der Waals surface area contributed by atoms with Crippen molar-refractivity contribution < 1.29 is 28.5 Å². The Labute approximate surface area is 135 Å². The molecule has 2 aromatic rings. The van der Waals surface area contributed by atoms with E-state index in [0.29, 0.717) is 0 Å². The van der Waals surface area contributed by atoms with E-state index in [2.05, 4.69) is 41.8 Å². The van der Waals surface area contributed by atoms with Crippen molar-refractivity contribution in [2.45, 2.75) is 11.9 Å². The second-order valence-corrected chi connectivity index (χ2v) is 5.60. The van der Waals surface area contributed by atoms with Gasteiger partial charge in [0.1, 0.15) is 7.05 Å². The van der Waals surface area contributed by atoms with E-state index in [1.54, 1.807) is 11.8 Å². The number of hydrogen-bond acceptors (Lipinski definition) is 2. The van der Waals surface area contributed by atoms with Crippen molar-refractivity contribution in [2.75, 3.05) is 0 Å². The third kappa shape index (κ3) is 4.03. The summed E-state index contributed by atoms with van der Waals surface area (Å²) in [6.45, 7) is 2.08. The molecule has 1 nitrogen and oxygen atoms in total. The standard InChI is InChI=1S/C14H14NS2.HI/c1-11-6-8-12(9-7-11)14(16)17-13-5-3-4-10-15(13)2;/h3-10H,1-2H3;1H/q+1;/p-1. The van der Waals surface area contributed by atoms with Crippen LogP contribution in [0.3, 0.4) is 0 Å². The highest BCUT2D eigenvalue weighted by molar-refractivity contribution is 8.23. The maximum atomic E-state index is 5.46. The maximum Gasteiger partial charge on any atom is 0.245 e. The van der Waals surface area contributed by atoms with E-state index in [1.165, 1.54) is 5.56 Å². The monoisotopic (exact) mass is 387 g/mol. The Morgan fingerprint density at radius 2 is 1.78 bits per heavy atom. The van der Waals surface area contributed by atoms with Crippen LogP contribution in [-0.2, 0) is 7.05 Å². The van der Waals surface area contributed by atoms with E-state index in [0.717, 1.165) is 14.8 Å². The maximum absolute atomic E-state index is 5.46. The lowest BCUT2D eigenvalue weighted by Crippen LogP contribution is -3.00. The van der Waals surface area contributed by atoms with Gasteiger partial charge in [0, 0.05) is 12.1 Å². The number of aromatic nitrogens is 1. The lowest BCUT2D eigenvalue weighted by atomic mass is 10.2. The molecule has 0 saturated heterocycles. The Hall–Kier alpha value is -0.460. The fourth-order valence-electron chi connectivity index (χ4n) is 1.46. The van der Waals surface area contributed by atoms with Crippen LogP contribution in [0.1, 0.15) is 11.1 Å². The Bertz CT molecular complexity index is 538. The van der Waals surface area contributed by atoms with Gasteiger partial charge < -0.3 is 24.0 Å². The first kappa shape index (κ1) is 15.6. The fourth-order valence-corrected chi connectivity index (χ4v) is 2.64. The summed E-state index contributed by atoms with van der Waals surface area (Å²) in [4.78, 5) is 0. The second kappa shape index (κ2) is 7.21. The van der Waals surface area contributed by atoms with Gasteiger partial charge in [-0.1, -0.05) is 42.0 Å². The number of benzene rings is 1. The zero-order valence-corrected chi connectivity index (χ0v) is 14.1. The quantitative estimate of drug-likeness (QED) is 0.316. The lowest BCUT2D eigenvalue weighted by molar-refractivity contribution is -0.708. The normalized spacial score (nSPS) is 9.67. The molecular formula is C14H14INS2. The van der Waals surface area contributed by atoms with Gasteiger partial charge in [-0.15, -0.1) is 0 Å². The van der Waals surface area contributed by atoms with Gasteiger partial charge >= 0.3 is 0 Å². The lowest BCUT2D eigenvalue weighted by Gasteiger charge is -2.02. The number of thioether (sulfide) groups is 1. The summed E-state index contributed by atoms with van der Waals surface area (Å²) in [6.07, 6.45) is 2.03. The molecule has 4 heteroatoms. The Morgan fingerprint density at radius 3 is 2.39 bits per heavy atom. The van der Waals surface area contributed by atoms with Gasteiger partial charge in [-0.25, -0.2) is 0 Å². The number of aryl methyl sites for hydroxylation is 2. The highest BCUT2D eigenvalue weighted by Crippen LogP contribution is 2.20. The van der Waals surface area contributed by atoms with Crippen LogP contribution in [0.25, 0.3) is 0 Å². The zero-order valence-electron chi connectivity index (χ0n) is 10.3. The molecule has 0 N–H and O–H groups in total. The first-order valence-corrected chi connectivity index (χ1v) is 6.63. The van der Waals surface area contributed by atoms with Gasteiger partial charge in [0.2, 0.25) is 5.03 Å². The van der Waals surface area contributed by atoms with Crippen LogP contribution in [0.4, 0.5) is 0 Å². The van der Waals surface area contributed by atoms with E-state index in [1.807, 2.05) is 25.4 Å². The minimum absolute atomic E-state index is 0. The van der Waals surface area contributed by atoms with Crippen molar-refractivity contribution in [1.82, 2.24) is 0 Å². The molecule has 0 radical (unpaired) electrons. The molecule has 0 spiro atoms. The van der Waals surface area contributed by atoms with Crippen LogP contribution in [-0.4, -0.2) is 4.20 Å². The van der Waals surface area contributed by atoms with Crippen molar-refractivity contribution in [3.63, 3.8) is 0 Å². The van der Waals surface area contributed by atoms with E-state index in [4.69, 9.17) is 12.2 Å². The molecule has 0 aliphatic rings. The van der Waals surface area contributed by atoms with E-state index >= 15 is 0 Å². The Morgan fingerprint density at radius 1 is 1.11 bits per heavy atom. The molecule has 0 aliphatic carbocycles. The molecule has 0 fully saturated rings. The van der Waals surface area contributed by atoms with Crippen LogP contribution >= 0.6 is 24.0 Å². The third-order valence-corrected chi connectivity index (χ3v) is 4.03. The summed E-state index contributed by atoms with van der Waals surface area (Å²) >= 11 is 7.08. The average Bonchev–Trinajstić information content (AvgIpc) is 2.33. The van der Waals surface area contributed by atoms with Crippen LogP contribution in [0, 0.1) is 6.92 Å². The highest BCUT2D eigenvalue weighted by atomic mass is 127. The second-order valence-electron chi connectivity index (χ2n) is 3.91. The van der Waals surface area contributed by atoms with E-state index < -0.39 is 0 Å². The molecule has 1 aromatic carbocycles. The van der Waals surface area contributed by atoms with Crippen molar-refractivity contribution in [3.05, 3.63) is 59.8 Å². The summed E-state index contributed by atoms with van der Waals surface area (Å²) in [5, 5.41) is 1.15. The number of thiocarbonyl (C=S) groups is 1. The number of nitrogens with zero attached hydrogens (tertiary/aromatic N) is 1. The molecule has 94 valence electrons. The molecule has 0 bridgehead atoms. The molecule has 1 heterocycles. The predicted molar refractivity (Wildman–Crippen MR) is 76.4 cm³/mol. The summed E-state index contributed by atoms with van der Waals surface area (Å²) in [6, 6.07) is 14.5. The van der Waals surface area contributed by atoms with E-state index in [-0.39, 0.29) is 24.0 Å². The minimum atomic E-state index is 0.